The van der Waals surface area contributed by atoms with Crippen LogP contribution in [0.2, 0.25) is 10.0 Å². The monoisotopic (exact) mass is 587 g/mol. The van der Waals surface area contributed by atoms with Crippen molar-refractivity contribution in [2.24, 2.45) is 0 Å². The molecule has 0 radical (unpaired) electrons. The Bertz CT molecular complexity index is 1400. The maximum Gasteiger partial charge on any atom is 0.264 e. The Balaban J connectivity index is 1.67. The van der Waals surface area contributed by atoms with Gasteiger partial charge in [0, 0.05) is 22.6 Å². The molecule has 1 aliphatic carbocycles. The van der Waals surface area contributed by atoms with E-state index < -0.39 is 28.5 Å². The zero-order chi connectivity index (χ0) is 28.0. The second-order valence-electron chi connectivity index (χ2n) is 9.62. The average molecular weight is 589 g/mol. The quantitative estimate of drug-likeness (QED) is 0.331. The standard InChI is InChI=1S/C29H31Cl2N3O4S/c1-21(29(36)32-25-9-5-6-10-25)33(19-22-14-16-23(30)17-15-22)28(35)20-34(26-11-7-8-24(31)18-26)39(37,38)27-12-3-2-4-13-27/h2-4,7-8,11-18,21,25H,5-6,9-10,19-20H2,1H3,(H,32,36)/t21-/m0/s1. The number of benzene rings is 3. The summed E-state index contributed by atoms with van der Waals surface area (Å²) in [4.78, 5) is 28.6. The van der Waals surface area contributed by atoms with Crippen LogP contribution in [-0.2, 0) is 26.2 Å². The van der Waals surface area contributed by atoms with E-state index in [4.69, 9.17) is 23.2 Å². The molecule has 3 aromatic rings. The lowest BCUT2D eigenvalue weighted by Crippen LogP contribution is -2.52. The van der Waals surface area contributed by atoms with E-state index in [0.717, 1.165) is 35.6 Å². The number of amides is 2. The molecular weight excluding hydrogens is 557 g/mol. The van der Waals surface area contributed by atoms with Crippen LogP contribution in [0.15, 0.2) is 83.8 Å². The molecule has 0 saturated heterocycles. The number of sulfonamides is 1. The number of hydrogen-bond donors (Lipinski definition) is 1. The van der Waals surface area contributed by atoms with Gasteiger partial charge in [0.25, 0.3) is 10.0 Å². The molecule has 0 aliphatic heterocycles. The van der Waals surface area contributed by atoms with Crippen LogP contribution in [0.5, 0.6) is 0 Å². The second kappa shape index (κ2) is 12.9. The van der Waals surface area contributed by atoms with Crippen molar-refractivity contribution in [3.05, 3.63) is 94.5 Å². The Morgan fingerprint density at radius 2 is 1.59 bits per heavy atom. The minimum atomic E-state index is -4.13. The first-order valence-corrected chi connectivity index (χ1v) is 15.0. The van der Waals surface area contributed by atoms with Crippen molar-refractivity contribution in [1.82, 2.24) is 10.2 Å². The Morgan fingerprint density at radius 1 is 0.923 bits per heavy atom. The number of nitrogens with one attached hydrogen (secondary N) is 1. The number of anilines is 1. The number of carbonyl (C=O) groups excluding carboxylic acids is 2. The second-order valence-corrected chi connectivity index (χ2v) is 12.4. The Hall–Kier alpha value is -3.07. The Morgan fingerprint density at radius 3 is 2.23 bits per heavy atom. The molecule has 0 spiro atoms. The first-order valence-electron chi connectivity index (χ1n) is 12.8. The summed E-state index contributed by atoms with van der Waals surface area (Å²) in [6.45, 7) is 1.24. The fraction of sp³-hybridized carbons (Fsp3) is 0.310. The number of carbonyl (C=O) groups is 2. The van der Waals surface area contributed by atoms with Crippen LogP contribution < -0.4 is 9.62 Å². The normalized spacial score (nSPS) is 14.5. The fourth-order valence-electron chi connectivity index (χ4n) is 4.64. The van der Waals surface area contributed by atoms with E-state index in [-0.39, 0.29) is 29.1 Å². The fourth-order valence-corrected chi connectivity index (χ4v) is 6.38. The molecule has 0 bridgehead atoms. The van der Waals surface area contributed by atoms with Gasteiger partial charge in [0.2, 0.25) is 11.8 Å². The lowest BCUT2D eigenvalue weighted by atomic mass is 10.1. The van der Waals surface area contributed by atoms with Crippen LogP contribution >= 0.6 is 23.2 Å². The zero-order valence-corrected chi connectivity index (χ0v) is 23.9. The number of hydrogen-bond acceptors (Lipinski definition) is 4. The molecule has 1 aliphatic rings. The van der Waals surface area contributed by atoms with Gasteiger partial charge in [-0.15, -0.1) is 0 Å². The number of rotatable bonds is 10. The molecule has 2 amide bonds. The minimum Gasteiger partial charge on any atom is -0.352 e. The molecule has 0 unspecified atom stereocenters. The summed E-state index contributed by atoms with van der Waals surface area (Å²) in [5.74, 6) is -0.803. The maximum atomic E-state index is 13.9. The average Bonchev–Trinajstić information content (AvgIpc) is 3.44. The smallest absolute Gasteiger partial charge is 0.264 e. The van der Waals surface area contributed by atoms with Crippen LogP contribution in [0, 0.1) is 0 Å². The van der Waals surface area contributed by atoms with Crippen molar-refractivity contribution >= 4 is 50.7 Å². The van der Waals surface area contributed by atoms with Crippen LogP contribution in [0.25, 0.3) is 0 Å². The van der Waals surface area contributed by atoms with E-state index in [2.05, 4.69) is 5.32 Å². The summed E-state index contributed by atoms with van der Waals surface area (Å²) in [7, 11) is -4.13. The van der Waals surface area contributed by atoms with Gasteiger partial charge < -0.3 is 10.2 Å². The lowest BCUT2D eigenvalue weighted by Gasteiger charge is -2.32. The highest BCUT2D eigenvalue weighted by Crippen LogP contribution is 2.27. The third-order valence-corrected chi connectivity index (χ3v) is 9.12. The molecule has 1 saturated carbocycles. The first kappa shape index (κ1) is 28.9. The lowest BCUT2D eigenvalue weighted by molar-refractivity contribution is -0.139. The summed E-state index contributed by atoms with van der Waals surface area (Å²) in [5, 5.41) is 3.93. The topological polar surface area (TPSA) is 86.8 Å². The van der Waals surface area contributed by atoms with Gasteiger partial charge in [-0.25, -0.2) is 8.42 Å². The first-order chi connectivity index (χ1) is 18.6. The highest BCUT2D eigenvalue weighted by molar-refractivity contribution is 7.92. The Labute approximate surface area is 239 Å². The van der Waals surface area contributed by atoms with Crippen LogP contribution in [0.1, 0.15) is 38.2 Å². The molecule has 39 heavy (non-hydrogen) atoms. The van der Waals surface area contributed by atoms with E-state index in [1.807, 2.05) is 0 Å². The van der Waals surface area contributed by atoms with Gasteiger partial charge in [0.05, 0.1) is 10.6 Å². The van der Waals surface area contributed by atoms with Crippen molar-refractivity contribution in [2.45, 2.75) is 56.1 Å². The van der Waals surface area contributed by atoms with Gasteiger partial charge in [-0.3, -0.25) is 13.9 Å². The summed E-state index contributed by atoms with van der Waals surface area (Å²) in [5.41, 5.74) is 1.00. The van der Waals surface area contributed by atoms with Crippen LogP contribution in [-0.4, -0.2) is 43.8 Å². The van der Waals surface area contributed by atoms with E-state index in [9.17, 15) is 18.0 Å². The van der Waals surface area contributed by atoms with Gasteiger partial charge >= 0.3 is 0 Å². The molecule has 0 aromatic heterocycles. The van der Waals surface area contributed by atoms with Gasteiger partial charge in [-0.2, -0.15) is 0 Å². The Kier molecular flexibility index (Phi) is 9.53. The third kappa shape index (κ3) is 7.32. The zero-order valence-electron chi connectivity index (χ0n) is 21.6. The van der Waals surface area contributed by atoms with Crippen molar-refractivity contribution in [3.63, 3.8) is 0 Å². The molecule has 3 aromatic carbocycles. The molecule has 10 heteroatoms. The summed E-state index contributed by atoms with van der Waals surface area (Å²) in [6.07, 6.45) is 3.92. The van der Waals surface area contributed by atoms with E-state index in [1.54, 1.807) is 67.6 Å². The predicted molar refractivity (Wildman–Crippen MR) is 154 cm³/mol. The van der Waals surface area contributed by atoms with E-state index in [1.165, 1.54) is 23.1 Å². The van der Waals surface area contributed by atoms with Gasteiger partial charge in [0.1, 0.15) is 12.6 Å². The largest absolute Gasteiger partial charge is 0.352 e. The van der Waals surface area contributed by atoms with Crippen molar-refractivity contribution in [1.29, 1.82) is 0 Å². The molecule has 1 N–H and O–H groups in total. The maximum absolute atomic E-state index is 13.9. The SMILES string of the molecule is C[C@@H](C(=O)NC1CCCC1)N(Cc1ccc(Cl)cc1)C(=O)CN(c1cccc(Cl)c1)S(=O)(=O)c1ccccc1. The van der Waals surface area contributed by atoms with Crippen molar-refractivity contribution < 1.29 is 18.0 Å². The summed E-state index contributed by atoms with van der Waals surface area (Å²) in [6, 6.07) is 20.4. The van der Waals surface area contributed by atoms with Crippen molar-refractivity contribution in [2.75, 3.05) is 10.8 Å². The van der Waals surface area contributed by atoms with Crippen LogP contribution in [0.3, 0.4) is 0 Å². The highest BCUT2D eigenvalue weighted by Gasteiger charge is 2.33. The summed E-state index contributed by atoms with van der Waals surface area (Å²) < 4.78 is 28.5. The molecular formula is C29H31Cl2N3O4S. The molecule has 0 heterocycles. The van der Waals surface area contributed by atoms with Crippen molar-refractivity contribution in [3.8, 4) is 0 Å². The van der Waals surface area contributed by atoms with E-state index in [0.29, 0.717) is 10.0 Å². The van der Waals surface area contributed by atoms with Gasteiger partial charge in [-0.1, -0.05) is 72.4 Å². The van der Waals surface area contributed by atoms with Gasteiger partial charge in [-0.05, 0) is 67.8 Å². The molecule has 1 fully saturated rings. The molecule has 206 valence electrons. The number of nitrogens with zero attached hydrogens (tertiary/aromatic N) is 2. The molecule has 7 nitrogen and oxygen atoms in total. The molecule has 4 rings (SSSR count). The highest BCUT2D eigenvalue weighted by atomic mass is 35.5. The molecule has 1 atom stereocenters. The van der Waals surface area contributed by atoms with E-state index >= 15 is 0 Å². The minimum absolute atomic E-state index is 0.0362. The van der Waals surface area contributed by atoms with Crippen LogP contribution in [0.4, 0.5) is 5.69 Å². The summed E-state index contributed by atoms with van der Waals surface area (Å²) >= 11 is 12.2. The third-order valence-electron chi connectivity index (χ3n) is 6.84. The van der Waals surface area contributed by atoms with Gasteiger partial charge in [0.15, 0.2) is 0 Å². The number of halogens is 2. The predicted octanol–water partition coefficient (Wildman–Crippen LogP) is 5.66.